The van der Waals surface area contributed by atoms with Crippen molar-refractivity contribution < 1.29 is 15.1 Å². The van der Waals surface area contributed by atoms with Crippen molar-refractivity contribution in [2.45, 2.75) is 0 Å². The van der Waals surface area contributed by atoms with Gasteiger partial charge in [0.2, 0.25) is 0 Å². The van der Waals surface area contributed by atoms with Gasteiger partial charge in [-0.1, -0.05) is 0 Å². The molecule has 74 valence electrons. The van der Waals surface area contributed by atoms with Crippen LogP contribution in [0.3, 0.4) is 0 Å². The summed E-state index contributed by atoms with van der Waals surface area (Å²) >= 11 is 0. The second kappa shape index (κ2) is 4.95. The van der Waals surface area contributed by atoms with Crippen LogP contribution in [0.25, 0.3) is 0 Å². The highest BCUT2D eigenvalue weighted by molar-refractivity contribution is 5.87. The van der Waals surface area contributed by atoms with Crippen molar-refractivity contribution in [3.05, 3.63) is 29.8 Å². The topological polar surface area (TPSA) is 94.0 Å². The van der Waals surface area contributed by atoms with Gasteiger partial charge in [0.15, 0.2) is 0 Å². The molecule has 6 heteroatoms. The Morgan fingerprint density at radius 2 is 2.00 bits per heavy atom. The third-order valence-corrected chi connectivity index (χ3v) is 1.46. The van der Waals surface area contributed by atoms with Crippen LogP contribution < -0.4 is 11.0 Å². The SMILES string of the molecule is O=C(O)c1ccc(N=CNNO)cc1. The van der Waals surface area contributed by atoms with Crippen molar-refractivity contribution in [3.63, 3.8) is 0 Å². The normalized spacial score (nSPS) is 10.4. The third-order valence-electron chi connectivity index (χ3n) is 1.46. The maximum absolute atomic E-state index is 10.5. The van der Waals surface area contributed by atoms with E-state index in [4.69, 9.17) is 10.3 Å². The second-order valence-electron chi connectivity index (χ2n) is 2.37. The number of carboxylic acid groups (broad SMARTS) is 1. The Bertz CT molecular complexity index is 334. The van der Waals surface area contributed by atoms with Crippen molar-refractivity contribution in [3.8, 4) is 0 Å². The van der Waals surface area contributed by atoms with E-state index in [0.29, 0.717) is 5.69 Å². The van der Waals surface area contributed by atoms with Gasteiger partial charge < -0.3 is 5.11 Å². The van der Waals surface area contributed by atoms with E-state index >= 15 is 0 Å². The molecule has 0 amide bonds. The maximum Gasteiger partial charge on any atom is 0.335 e. The first kappa shape index (κ1) is 10.2. The first-order chi connectivity index (χ1) is 6.74. The number of aromatic carboxylic acids is 1. The zero-order valence-corrected chi connectivity index (χ0v) is 7.14. The molecule has 14 heavy (non-hydrogen) atoms. The summed E-state index contributed by atoms with van der Waals surface area (Å²) in [6, 6.07) is 6.00. The maximum atomic E-state index is 10.5. The first-order valence-electron chi connectivity index (χ1n) is 3.74. The van der Waals surface area contributed by atoms with Crippen LogP contribution in [0.15, 0.2) is 29.3 Å². The summed E-state index contributed by atoms with van der Waals surface area (Å²) in [5, 5.41) is 16.7. The highest BCUT2D eigenvalue weighted by Crippen LogP contribution is 2.11. The first-order valence-corrected chi connectivity index (χ1v) is 3.74. The lowest BCUT2D eigenvalue weighted by Gasteiger charge is -1.96. The van der Waals surface area contributed by atoms with Gasteiger partial charge in [-0.2, -0.15) is 0 Å². The molecule has 4 N–H and O–H groups in total. The monoisotopic (exact) mass is 195 g/mol. The fourth-order valence-corrected chi connectivity index (χ4v) is 0.826. The lowest BCUT2D eigenvalue weighted by atomic mass is 10.2. The van der Waals surface area contributed by atoms with Crippen molar-refractivity contribution in [1.82, 2.24) is 11.0 Å². The van der Waals surface area contributed by atoms with Gasteiger partial charge in [-0.05, 0) is 24.3 Å². The minimum Gasteiger partial charge on any atom is -0.478 e. The summed E-state index contributed by atoms with van der Waals surface area (Å²) in [6.07, 6.45) is 1.23. The predicted molar refractivity (Wildman–Crippen MR) is 49.6 cm³/mol. The van der Waals surface area contributed by atoms with Crippen molar-refractivity contribution in [2.75, 3.05) is 0 Å². The molecule has 0 unspecified atom stereocenters. The van der Waals surface area contributed by atoms with Crippen molar-refractivity contribution in [2.24, 2.45) is 4.99 Å². The van der Waals surface area contributed by atoms with E-state index in [2.05, 4.69) is 10.4 Å². The number of benzene rings is 1. The zero-order valence-electron chi connectivity index (χ0n) is 7.14. The van der Waals surface area contributed by atoms with Gasteiger partial charge in [0.1, 0.15) is 6.34 Å². The molecule has 0 atom stereocenters. The number of hydrogen-bond donors (Lipinski definition) is 4. The van der Waals surface area contributed by atoms with Crippen LogP contribution in [0.1, 0.15) is 10.4 Å². The highest BCUT2D eigenvalue weighted by atomic mass is 16.5. The molecule has 0 saturated carbocycles. The van der Waals surface area contributed by atoms with Gasteiger partial charge in [0, 0.05) is 0 Å². The Morgan fingerprint density at radius 3 is 2.50 bits per heavy atom. The smallest absolute Gasteiger partial charge is 0.335 e. The van der Waals surface area contributed by atoms with Crippen LogP contribution in [0.5, 0.6) is 0 Å². The molecule has 1 rings (SSSR count). The van der Waals surface area contributed by atoms with Crippen LogP contribution in [0, 0.1) is 0 Å². The van der Waals surface area contributed by atoms with E-state index in [-0.39, 0.29) is 5.56 Å². The largest absolute Gasteiger partial charge is 0.478 e. The van der Waals surface area contributed by atoms with E-state index in [1.54, 1.807) is 17.7 Å². The lowest BCUT2D eigenvalue weighted by molar-refractivity contribution is 0.0697. The van der Waals surface area contributed by atoms with Crippen LogP contribution in [-0.4, -0.2) is 22.6 Å². The molecule has 0 aliphatic carbocycles. The molecular weight excluding hydrogens is 186 g/mol. The van der Waals surface area contributed by atoms with Gasteiger partial charge >= 0.3 is 5.97 Å². The highest BCUT2D eigenvalue weighted by Gasteiger charge is 1.99. The molecule has 0 fully saturated rings. The lowest BCUT2D eigenvalue weighted by Crippen LogP contribution is -2.25. The van der Waals surface area contributed by atoms with E-state index in [1.165, 1.54) is 18.5 Å². The number of hydrazine groups is 1. The van der Waals surface area contributed by atoms with E-state index < -0.39 is 5.97 Å². The molecule has 0 aromatic heterocycles. The minimum atomic E-state index is -0.976. The number of hydrogen-bond acceptors (Lipinski definition) is 4. The number of carbonyl (C=O) groups is 1. The average Bonchev–Trinajstić information content (AvgIpc) is 2.19. The number of aliphatic imine (C=N–C) groups is 1. The van der Waals surface area contributed by atoms with Crippen LogP contribution in [0.4, 0.5) is 5.69 Å². The Balaban J connectivity index is 2.68. The molecule has 0 radical (unpaired) electrons. The molecule has 0 aliphatic rings. The summed E-state index contributed by atoms with van der Waals surface area (Å²) < 4.78 is 0. The molecule has 1 aromatic rings. The van der Waals surface area contributed by atoms with Crippen molar-refractivity contribution in [1.29, 1.82) is 0 Å². The van der Waals surface area contributed by atoms with E-state index in [9.17, 15) is 4.79 Å². The third kappa shape index (κ3) is 2.85. The number of nitrogens with zero attached hydrogens (tertiary/aromatic N) is 1. The Kier molecular flexibility index (Phi) is 3.59. The Hall–Kier alpha value is -1.92. The quantitative estimate of drug-likeness (QED) is 0.319. The molecule has 6 nitrogen and oxygen atoms in total. The number of rotatable bonds is 4. The summed E-state index contributed by atoms with van der Waals surface area (Å²) in [5.74, 6) is -0.976. The van der Waals surface area contributed by atoms with Gasteiger partial charge in [0.05, 0.1) is 11.3 Å². The van der Waals surface area contributed by atoms with Crippen LogP contribution >= 0.6 is 0 Å². The molecule has 0 spiro atoms. The molecule has 1 aromatic carbocycles. The average molecular weight is 195 g/mol. The van der Waals surface area contributed by atoms with Gasteiger partial charge in [0.25, 0.3) is 0 Å². The van der Waals surface area contributed by atoms with Gasteiger partial charge in [-0.3, -0.25) is 10.6 Å². The summed E-state index contributed by atoms with van der Waals surface area (Å²) in [5.41, 5.74) is 4.69. The second-order valence-corrected chi connectivity index (χ2v) is 2.37. The number of carboxylic acids is 1. The van der Waals surface area contributed by atoms with Gasteiger partial charge in [-0.25, -0.2) is 9.79 Å². The Morgan fingerprint density at radius 1 is 1.36 bits per heavy atom. The summed E-state index contributed by atoms with van der Waals surface area (Å²) in [7, 11) is 0. The van der Waals surface area contributed by atoms with E-state index in [0.717, 1.165) is 0 Å². The molecule has 0 saturated heterocycles. The number of nitrogens with one attached hydrogen (secondary N) is 2. The van der Waals surface area contributed by atoms with Gasteiger partial charge in [-0.15, -0.1) is 5.59 Å². The summed E-state index contributed by atoms with van der Waals surface area (Å²) in [4.78, 5) is 14.3. The minimum absolute atomic E-state index is 0.206. The Labute approximate surface area is 79.8 Å². The molecular formula is C8H9N3O3. The molecule has 0 heterocycles. The van der Waals surface area contributed by atoms with E-state index in [1.807, 2.05) is 0 Å². The summed E-state index contributed by atoms with van der Waals surface area (Å²) in [6.45, 7) is 0. The predicted octanol–water partition coefficient (Wildman–Crippen LogP) is 0.528. The van der Waals surface area contributed by atoms with Crippen molar-refractivity contribution >= 4 is 18.0 Å². The zero-order chi connectivity index (χ0) is 10.4. The fraction of sp³-hybridized carbons (Fsp3) is 0. The van der Waals surface area contributed by atoms with Crippen LogP contribution in [-0.2, 0) is 0 Å². The standard InChI is InChI=1S/C8H9N3O3/c12-8(13)6-1-3-7(4-2-6)9-5-10-11-14/h1-5,11,14H,(H,9,10)(H,12,13). The molecule has 0 aliphatic heterocycles. The van der Waals surface area contributed by atoms with Crippen LogP contribution in [0.2, 0.25) is 0 Å². The molecule has 0 bridgehead atoms. The fourth-order valence-electron chi connectivity index (χ4n) is 0.826.